The molecule has 1 aromatic carbocycles. The van der Waals surface area contributed by atoms with Crippen LogP contribution in [-0.2, 0) is 16.1 Å². The van der Waals surface area contributed by atoms with Gasteiger partial charge >= 0.3 is 0 Å². The molecule has 0 saturated carbocycles. The first-order chi connectivity index (χ1) is 13.5. The number of amides is 2. The van der Waals surface area contributed by atoms with Gasteiger partial charge < -0.3 is 10.2 Å². The van der Waals surface area contributed by atoms with E-state index in [-0.39, 0.29) is 18.4 Å². The van der Waals surface area contributed by atoms with Crippen molar-refractivity contribution >= 4 is 33.4 Å². The predicted octanol–water partition coefficient (Wildman–Crippen LogP) is 1.40. The fraction of sp³-hybridized carbons (Fsp3) is 0.550. The van der Waals surface area contributed by atoms with Crippen molar-refractivity contribution < 1.29 is 9.59 Å². The first-order valence-corrected chi connectivity index (χ1v) is 10.7. The second kappa shape index (κ2) is 9.95. The highest BCUT2D eigenvalue weighted by atomic mass is 32.1. The first kappa shape index (κ1) is 20.7. The summed E-state index contributed by atoms with van der Waals surface area (Å²) in [5.74, 6) is -0.107. The van der Waals surface area contributed by atoms with Crippen molar-refractivity contribution in [1.29, 1.82) is 0 Å². The Morgan fingerprint density at radius 2 is 1.89 bits per heavy atom. The Morgan fingerprint density at radius 1 is 1.18 bits per heavy atom. The molecule has 28 heavy (non-hydrogen) atoms. The maximum atomic E-state index is 12.4. The van der Waals surface area contributed by atoms with Gasteiger partial charge in [-0.25, -0.2) is 4.98 Å². The summed E-state index contributed by atoms with van der Waals surface area (Å²) in [4.78, 5) is 34.9. The number of fused-ring (bicyclic) bond motifs is 1. The average molecular weight is 404 g/mol. The van der Waals surface area contributed by atoms with E-state index < -0.39 is 0 Å². The zero-order valence-electron chi connectivity index (χ0n) is 16.7. The van der Waals surface area contributed by atoms with Gasteiger partial charge in [0.25, 0.3) is 0 Å². The molecule has 1 aromatic heterocycles. The van der Waals surface area contributed by atoms with E-state index in [0.29, 0.717) is 13.1 Å². The third-order valence-electron chi connectivity index (χ3n) is 4.90. The predicted molar refractivity (Wildman–Crippen MR) is 112 cm³/mol. The molecule has 1 aliphatic heterocycles. The Balaban J connectivity index is 1.41. The smallest absolute Gasteiger partial charge is 0.239 e. The second-order valence-corrected chi connectivity index (χ2v) is 8.34. The lowest BCUT2D eigenvalue weighted by Crippen LogP contribution is -2.50. The third-order valence-corrected chi connectivity index (χ3v) is 5.92. The van der Waals surface area contributed by atoms with Crippen LogP contribution >= 0.6 is 11.3 Å². The molecule has 1 fully saturated rings. The van der Waals surface area contributed by atoms with Gasteiger partial charge in [0.2, 0.25) is 11.8 Å². The number of thiazole rings is 1. The van der Waals surface area contributed by atoms with Crippen LogP contribution in [-0.4, -0.2) is 84.4 Å². The minimum absolute atomic E-state index is 0.00808. The van der Waals surface area contributed by atoms with E-state index in [1.165, 1.54) is 9.60 Å². The van der Waals surface area contributed by atoms with Gasteiger partial charge in [0, 0.05) is 39.8 Å². The Labute approximate surface area is 170 Å². The van der Waals surface area contributed by atoms with Gasteiger partial charge in [-0.15, -0.1) is 11.3 Å². The van der Waals surface area contributed by atoms with Crippen LogP contribution in [0.5, 0.6) is 0 Å². The maximum absolute atomic E-state index is 12.4. The number of carbonyl (C=O) groups excluding carboxylic acids is 2. The number of hydrogen-bond donors (Lipinski definition) is 1. The largest absolute Gasteiger partial charge is 0.355 e. The summed E-state index contributed by atoms with van der Waals surface area (Å²) in [5.41, 5.74) is 1.07. The highest BCUT2D eigenvalue weighted by molar-refractivity contribution is 7.18. The zero-order chi connectivity index (χ0) is 19.9. The molecule has 0 atom stereocenters. The highest BCUT2D eigenvalue weighted by Crippen LogP contribution is 2.22. The van der Waals surface area contributed by atoms with Crippen molar-refractivity contribution in [2.75, 3.05) is 52.9 Å². The molecule has 3 rings (SSSR count). The number of para-hydroxylation sites is 1. The molecule has 0 unspecified atom stereocenters. The Morgan fingerprint density at radius 3 is 2.61 bits per heavy atom. The molecule has 2 heterocycles. The van der Waals surface area contributed by atoms with Crippen LogP contribution in [0.15, 0.2) is 24.3 Å². The Hall–Kier alpha value is -2.03. The molecule has 152 valence electrons. The summed E-state index contributed by atoms with van der Waals surface area (Å²) in [6.45, 7) is 7.55. The van der Waals surface area contributed by atoms with Gasteiger partial charge in [-0.2, -0.15) is 0 Å². The van der Waals surface area contributed by atoms with E-state index in [4.69, 9.17) is 4.98 Å². The first-order valence-electron chi connectivity index (χ1n) is 9.85. The minimum atomic E-state index is -0.0987. The van der Waals surface area contributed by atoms with Crippen LogP contribution in [0, 0.1) is 0 Å². The molecule has 0 spiro atoms. The zero-order valence-corrected chi connectivity index (χ0v) is 17.5. The van der Waals surface area contributed by atoms with E-state index in [9.17, 15) is 9.59 Å². The molecule has 8 heteroatoms. The van der Waals surface area contributed by atoms with Crippen molar-refractivity contribution in [1.82, 2.24) is 25.0 Å². The quantitative estimate of drug-likeness (QED) is 0.722. The van der Waals surface area contributed by atoms with Gasteiger partial charge in [-0.1, -0.05) is 19.1 Å². The van der Waals surface area contributed by atoms with E-state index in [1.807, 2.05) is 19.1 Å². The van der Waals surface area contributed by atoms with Crippen molar-refractivity contribution in [3.05, 3.63) is 29.3 Å². The lowest BCUT2D eigenvalue weighted by atomic mass is 10.3. The Kier molecular flexibility index (Phi) is 7.36. The molecule has 1 saturated heterocycles. The van der Waals surface area contributed by atoms with Crippen LogP contribution in [0.2, 0.25) is 0 Å². The van der Waals surface area contributed by atoms with Crippen molar-refractivity contribution in [2.24, 2.45) is 0 Å². The molecule has 1 N–H and O–H groups in total. The lowest BCUT2D eigenvalue weighted by Gasteiger charge is -2.34. The summed E-state index contributed by atoms with van der Waals surface area (Å²) >= 11 is 1.75. The average Bonchev–Trinajstić information content (AvgIpc) is 3.10. The van der Waals surface area contributed by atoms with Crippen LogP contribution < -0.4 is 5.32 Å². The fourth-order valence-electron chi connectivity index (χ4n) is 3.22. The summed E-state index contributed by atoms with van der Waals surface area (Å²) in [6, 6.07) is 8.23. The minimum Gasteiger partial charge on any atom is -0.355 e. The molecule has 1 aliphatic rings. The number of likely N-dealkylation sites (N-methyl/N-ethyl adjacent to an activating group) is 1. The van der Waals surface area contributed by atoms with Crippen molar-refractivity contribution in [3.63, 3.8) is 0 Å². The van der Waals surface area contributed by atoms with Crippen LogP contribution in [0.1, 0.15) is 18.4 Å². The molecule has 0 bridgehead atoms. The molecule has 2 aromatic rings. The van der Waals surface area contributed by atoms with Crippen LogP contribution in [0.4, 0.5) is 0 Å². The number of nitrogens with one attached hydrogen (secondary N) is 1. The number of rotatable bonds is 8. The molecular weight excluding hydrogens is 374 g/mol. The highest BCUT2D eigenvalue weighted by Gasteiger charge is 2.22. The van der Waals surface area contributed by atoms with Gasteiger partial charge in [0.1, 0.15) is 5.01 Å². The van der Waals surface area contributed by atoms with Gasteiger partial charge in [0.15, 0.2) is 0 Å². The normalized spacial score (nSPS) is 15.6. The SMILES string of the molecule is CCCNC(=O)CN(C)C(=O)CN1CCN(Cc2nc3ccccc3s2)CC1. The fourth-order valence-corrected chi connectivity index (χ4v) is 4.23. The van der Waals surface area contributed by atoms with Gasteiger partial charge in [0.05, 0.1) is 29.9 Å². The van der Waals surface area contributed by atoms with E-state index in [2.05, 4.69) is 27.2 Å². The summed E-state index contributed by atoms with van der Waals surface area (Å²) < 4.78 is 1.23. The number of hydrogen-bond acceptors (Lipinski definition) is 6. The van der Waals surface area contributed by atoms with Gasteiger partial charge in [-0.3, -0.25) is 19.4 Å². The maximum Gasteiger partial charge on any atom is 0.239 e. The molecular formula is C20H29N5O2S. The standard InChI is InChI=1S/C20H29N5O2S/c1-3-8-21-18(26)13-23(2)20(27)15-25-11-9-24(10-12-25)14-19-22-16-6-4-5-7-17(16)28-19/h4-7H,3,8-15H2,1-2H3,(H,21,26). The number of aromatic nitrogens is 1. The van der Waals surface area contributed by atoms with Crippen LogP contribution in [0.25, 0.3) is 10.2 Å². The summed E-state index contributed by atoms with van der Waals surface area (Å²) in [6.07, 6.45) is 0.894. The van der Waals surface area contributed by atoms with E-state index in [1.54, 1.807) is 18.4 Å². The summed E-state index contributed by atoms with van der Waals surface area (Å²) in [5, 5.41) is 3.94. The van der Waals surface area contributed by atoms with Crippen molar-refractivity contribution in [3.8, 4) is 0 Å². The number of piperazine rings is 1. The number of nitrogens with zero attached hydrogens (tertiary/aromatic N) is 4. The van der Waals surface area contributed by atoms with Gasteiger partial charge in [-0.05, 0) is 18.6 Å². The number of carbonyl (C=O) groups is 2. The topological polar surface area (TPSA) is 68.8 Å². The molecule has 0 radical (unpaired) electrons. The molecule has 7 nitrogen and oxygen atoms in total. The third kappa shape index (κ3) is 5.73. The Bertz CT molecular complexity index is 768. The monoisotopic (exact) mass is 403 g/mol. The summed E-state index contributed by atoms with van der Waals surface area (Å²) in [7, 11) is 1.69. The van der Waals surface area contributed by atoms with E-state index >= 15 is 0 Å². The molecule has 0 aliphatic carbocycles. The lowest BCUT2D eigenvalue weighted by molar-refractivity contribution is -0.136. The van der Waals surface area contributed by atoms with Crippen LogP contribution in [0.3, 0.4) is 0 Å². The van der Waals surface area contributed by atoms with Crippen molar-refractivity contribution in [2.45, 2.75) is 19.9 Å². The molecule has 2 amide bonds. The van der Waals surface area contributed by atoms with E-state index in [0.717, 1.165) is 49.7 Å². The number of benzene rings is 1. The second-order valence-electron chi connectivity index (χ2n) is 7.23.